The van der Waals surface area contributed by atoms with E-state index in [-0.39, 0.29) is 12.0 Å². The van der Waals surface area contributed by atoms with Gasteiger partial charge in [-0.2, -0.15) is 0 Å². The highest BCUT2D eigenvalue weighted by atomic mass is 16.6. The quantitative estimate of drug-likeness (QED) is 0.770. The van der Waals surface area contributed by atoms with Gasteiger partial charge in [0, 0.05) is 11.6 Å². The molecular formula is C15H23NO3. The van der Waals surface area contributed by atoms with Crippen LogP contribution in [0.4, 0.5) is 0 Å². The van der Waals surface area contributed by atoms with E-state index >= 15 is 0 Å². The molecule has 0 spiro atoms. The lowest BCUT2D eigenvalue weighted by Gasteiger charge is -2.21. The lowest BCUT2D eigenvalue weighted by atomic mass is 10.0. The maximum absolute atomic E-state index is 11.4. The normalized spacial score (nSPS) is 13.7. The zero-order valence-electron chi connectivity index (χ0n) is 12.1. The van der Waals surface area contributed by atoms with Crippen LogP contribution in [0.5, 0.6) is 5.75 Å². The molecule has 0 fully saturated rings. The van der Waals surface area contributed by atoms with E-state index < -0.39 is 6.10 Å². The zero-order chi connectivity index (χ0) is 14.3. The molecule has 2 atom stereocenters. The first-order valence-corrected chi connectivity index (χ1v) is 6.70. The Morgan fingerprint density at radius 1 is 1.32 bits per heavy atom. The molecule has 0 amide bonds. The molecule has 1 rings (SSSR count). The van der Waals surface area contributed by atoms with Gasteiger partial charge in [-0.15, -0.1) is 0 Å². The molecule has 0 saturated carbocycles. The molecule has 0 aromatic heterocycles. The summed E-state index contributed by atoms with van der Waals surface area (Å²) < 4.78 is 10.4. The van der Waals surface area contributed by atoms with Crippen LogP contribution in [0.25, 0.3) is 0 Å². The van der Waals surface area contributed by atoms with Crippen LogP contribution in [0.3, 0.4) is 0 Å². The van der Waals surface area contributed by atoms with E-state index in [1.165, 1.54) is 7.11 Å². The summed E-state index contributed by atoms with van der Waals surface area (Å²) in [6.07, 6.45) is 0.353. The second-order valence-corrected chi connectivity index (χ2v) is 4.34. The van der Waals surface area contributed by atoms with Gasteiger partial charge in [0.25, 0.3) is 0 Å². The Morgan fingerprint density at radius 2 is 2.00 bits per heavy atom. The van der Waals surface area contributed by atoms with Gasteiger partial charge in [-0.25, -0.2) is 4.79 Å². The number of hydrogen-bond donors (Lipinski definition) is 1. The van der Waals surface area contributed by atoms with Crippen molar-refractivity contribution in [2.24, 2.45) is 0 Å². The van der Waals surface area contributed by atoms with Crippen LogP contribution in [-0.2, 0) is 9.53 Å². The molecule has 1 aromatic rings. The number of para-hydroxylation sites is 1. The number of nitrogens with one attached hydrogen (secondary N) is 1. The first kappa shape index (κ1) is 15.5. The predicted octanol–water partition coefficient (Wildman–Crippen LogP) is 2.69. The molecule has 0 aliphatic heterocycles. The highest BCUT2D eigenvalue weighted by Crippen LogP contribution is 2.27. The van der Waals surface area contributed by atoms with Crippen LogP contribution in [0.2, 0.25) is 0 Å². The van der Waals surface area contributed by atoms with Crippen molar-refractivity contribution in [2.45, 2.75) is 39.3 Å². The number of esters is 1. The van der Waals surface area contributed by atoms with Crippen molar-refractivity contribution in [3.8, 4) is 5.75 Å². The van der Waals surface area contributed by atoms with Gasteiger partial charge in [0.15, 0.2) is 6.10 Å². The van der Waals surface area contributed by atoms with E-state index in [1.807, 2.05) is 24.3 Å². The van der Waals surface area contributed by atoms with Gasteiger partial charge in [0.05, 0.1) is 7.11 Å². The summed E-state index contributed by atoms with van der Waals surface area (Å²) in [5, 5.41) is 3.41. The Bertz CT molecular complexity index is 406. The number of carbonyl (C=O) groups is 1. The molecule has 0 saturated heterocycles. The average molecular weight is 265 g/mol. The van der Waals surface area contributed by atoms with Gasteiger partial charge in [0.1, 0.15) is 5.75 Å². The second kappa shape index (κ2) is 7.79. The molecule has 0 bridgehead atoms. The molecule has 4 heteroatoms. The minimum Gasteiger partial charge on any atom is -0.479 e. The summed E-state index contributed by atoms with van der Waals surface area (Å²) in [6, 6.07) is 8.02. The molecule has 19 heavy (non-hydrogen) atoms. The molecule has 1 N–H and O–H groups in total. The van der Waals surface area contributed by atoms with Crippen molar-refractivity contribution in [3.63, 3.8) is 0 Å². The lowest BCUT2D eigenvalue weighted by molar-refractivity contribution is -0.147. The zero-order valence-corrected chi connectivity index (χ0v) is 12.1. The molecule has 1 aromatic carbocycles. The Balaban J connectivity index is 2.91. The Morgan fingerprint density at radius 3 is 2.58 bits per heavy atom. The third kappa shape index (κ3) is 4.24. The van der Waals surface area contributed by atoms with Crippen molar-refractivity contribution in [2.75, 3.05) is 13.7 Å². The summed E-state index contributed by atoms with van der Waals surface area (Å²) in [6.45, 7) is 6.77. The Labute approximate surface area is 115 Å². The second-order valence-electron chi connectivity index (χ2n) is 4.34. The van der Waals surface area contributed by atoms with Crippen molar-refractivity contribution >= 4 is 5.97 Å². The van der Waals surface area contributed by atoms with E-state index in [9.17, 15) is 4.79 Å². The third-order valence-electron chi connectivity index (χ3n) is 2.99. The Kier molecular flexibility index (Phi) is 6.36. The van der Waals surface area contributed by atoms with Crippen molar-refractivity contribution < 1.29 is 14.3 Å². The molecule has 0 aliphatic carbocycles. The molecule has 106 valence electrons. The maximum Gasteiger partial charge on any atom is 0.346 e. The van der Waals surface area contributed by atoms with Gasteiger partial charge < -0.3 is 14.8 Å². The Hall–Kier alpha value is -1.55. The topological polar surface area (TPSA) is 47.6 Å². The van der Waals surface area contributed by atoms with E-state index in [2.05, 4.69) is 23.9 Å². The first-order valence-electron chi connectivity index (χ1n) is 6.70. The van der Waals surface area contributed by atoms with Crippen LogP contribution in [0, 0.1) is 0 Å². The van der Waals surface area contributed by atoms with Gasteiger partial charge in [-0.1, -0.05) is 32.0 Å². The highest BCUT2D eigenvalue weighted by molar-refractivity contribution is 5.74. The lowest BCUT2D eigenvalue weighted by Crippen LogP contribution is -2.27. The first-order chi connectivity index (χ1) is 9.13. The standard InChI is InChI=1S/C15H23NO3/c1-5-13(16-6-2)12-9-7-8-10-14(12)19-11(3)15(17)18-4/h7-11,13,16H,5-6H2,1-4H3. The summed E-state index contributed by atoms with van der Waals surface area (Å²) in [5.41, 5.74) is 1.07. The molecule has 0 aliphatic rings. The molecular weight excluding hydrogens is 242 g/mol. The van der Waals surface area contributed by atoms with Gasteiger partial charge >= 0.3 is 5.97 Å². The summed E-state index contributed by atoms with van der Waals surface area (Å²) in [4.78, 5) is 11.4. The van der Waals surface area contributed by atoms with Crippen LogP contribution in [0.1, 0.15) is 38.8 Å². The average Bonchev–Trinajstić information content (AvgIpc) is 2.44. The minimum atomic E-state index is -0.606. The number of ether oxygens (including phenoxy) is 2. The number of carbonyl (C=O) groups excluding carboxylic acids is 1. The fourth-order valence-corrected chi connectivity index (χ4v) is 2.00. The highest BCUT2D eigenvalue weighted by Gasteiger charge is 2.19. The smallest absolute Gasteiger partial charge is 0.346 e. The maximum atomic E-state index is 11.4. The fourth-order valence-electron chi connectivity index (χ4n) is 2.00. The third-order valence-corrected chi connectivity index (χ3v) is 2.99. The number of rotatable bonds is 7. The van der Waals surface area contributed by atoms with Crippen LogP contribution in [0.15, 0.2) is 24.3 Å². The number of benzene rings is 1. The van der Waals surface area contributed by atoms with E-state index in [0.717, 1.165) is 24.3 Å². The van der Waals surface area contributed by atoms with E-state index in [0.29, 0.717) is 0 Å². The minimum absolute atomic E-state index is 0.228. The molecule has 2 unspecified atom stereocenters. The van der Waals surface area contributed by atoms with Crippen molar-refractivity contribution in [1.82, 2.24) is 5.32 Å². The molecule has 0 radical (unpaired) electrons. The largest absolute Gasteiger partial charge is 0.479 e. The van der Waals surface area contributed by atoms with E-state index in [1.54, 1.807) is 6.92 Å². The monoisotopic (exact) mass is 265 g/mol. The van der Waals surface area contributed by atoms with Gasteiger partial charge in [-0.3, -0.25) is 0 Å². The summed E-state index contributed by atoms with van der Waals surface area (Å²) in [7, 11) is 1.36. The molecule has 4 nitrogen and oxygen atoms in total. The predicted molar refractivity (Wildman–Crippen MR) is 75.3 cm³/mol. The van der Waals surface area contributed by atoms with Gasteiger partial charge in [0.2, 0.25) is 0 Å². The van der Waals surface area contributed by atoms with Crippen molar-refractivity contribution in [1.29, 1.82) is 0 Å². The van der Waals surface area contributed by atoms with Crippen LogP contribution in [-0.4, -0.2) is 25.7 Å². The van der Waals surface area contributed by atoms with Crippen molar-refractivity contribution in [3.05, 3.63) is 29.8 Å². The van der Waals surface area contributed by atoms with E-state index in [4.69, 9.17) is 4.74 Å². The molecule has 0 heterocycles. The van der Waals surface area contributed by atoms with Crippen LogP contribution >= 0.6 is 0 Å². The number of methoxy groups -OCH3 is 1. The van der Waals surface area contributed by atoms with Crippen LogP contribution < -0.4 is 10.1 Å². The SMILES string of the molecule is CCNC(CC)c1ccccc1OC(C)C(=O)OC. The summed E-state index contributed by atoms with van der Waals surface area (Å²) in [5.74, 6) is 0.361. The number of hydrogen-bond acceptors (Lipinski definition) is 4. The fraction of sp³-hybridized carbons (Fsp3) is 0.533. The summed E-state index contributed by atoms with van der Waals surface area (Å²) >= 11 is 0. The van der Waals surface area contributed by atoms with Gasteiger partial charge in [-0.05, 0) is 26.0 Å².